The maximum absolute atomic E-state index is 14.2. The van der Waals surface area contributed by atoms with Crippen LogP contribution in [0.15, 0.2) is 54.6 Å². The van der Waals surface area contributed by atoms with E-state index in [4.69, 9.17) is 11.6 Å². The molecule has 3 saturated heterocycles. The Kier molecular flexibility index (Phi) is 7.50. The van der Waals surface area contributed by atoms with Crippen LogP contribution < -0.4 is 10.6 Å². The van der Waals surface area contributed by atoms with E-state index in [1.807, 2.05) is 44.2 Å². The first-order valence-corrected chi connectivity index (χ1v) is 14.4. The van der Waals surface area contributed by atoms with Gasteiger partial charge in [-0.15, -0.1) is 11.8 Å². The number of anilines is 1. The Labute approximate surface area is 232 Å². The van der Waals surface area contributed by atoms with Gasteiger partial charge in [0.1, 0.15) is 6.04 Å². The van der Waals surface area contributed by atoms with E-state index in [9.17, 15) is 19.5 Å². The van der Waals surface area contributed by atoms with Crippen LogP contribution in [0.25, 0.3) is 0 Å². The van der Waals surface area contributed by atoms with Crippen LogP contribution in [0.5, 0.6) is 0 Å². The van der Waals surface area contributed by atoms with Crippen molar-refractivity contribution in [2.45, 2.75) is 55.8 Å². The molecule has 2 aromatic carbocycles. The highest BCUT2D eigenvalue weighted by atomic mass is 35.5. The quantitative estimate of drug-likeness (QED) is 0.458. The van der Waals surface area contributed by atoms with Gasteiger partial charge in [0, 0.05) is 22.5 Å². The number of hydrogen-bond donors (Lipinski definition) is 3. The van der Waals surface area contributed by atoms with Gasteiger partial charge in [-0.05, 0) is 48.1 Å². The first-order valence-electron chi connectivity index (χ1n) is 13.2. The Morgan fingerprint density at radius 1 is 1.13 bits per heavy atom. The fourth-order valence-electron chi connectivity index (χ4n) is 6.68. The summed E-state index contributed by atoms with van der Waals surface area (Å²) < 4.78 is -0.755. The number of fused-ring (bicyclic) bond motifs is 1. The fourth-order valence-corrected chi connectivity index (χ4v) is 9.22. The van der Waals surface area contributed by atoms with E-state index in [1.54, 1.807) is 40.9 Å². The van der Waals surface area contributed by atoms with Crippen molar-refractivity contribution >= 4 is 46.8 Å². The molecule has 3 aliphatic rings. The third-order valence-electron chi connectivity index (χ3n) is 8.47. The predicted octanol–water partition coefficient (Wildman–Crippen LogP) is 3.95. The summed E-state index contributed by atoms with van der Waals surface area (Å²) in [5.74, 6) is -1.86. The Hall–Kier alpha value is -2.55. The lowest BCUT2D eigenvalue weighted by Crippen LogP contribution is -2.58. The van der Waals surface area contributed by atoms with E-state index in [1.165, 1.54) is 0 Å². The standard InChI is InChI=1S/C29H34ClN3O4S/c1-16(2)21(15-34)33-25(27(36)32-20-11-9-19(30)10-12-20)29-17(3)13-22(38-29)23(24(29)28(33)37)26(35)31-14-18-7-5-4-6-8-18/h4-12,16-17,21-25,34H,13-15H2,1-3H3,(H,31,35)(H,32,36)/t17?,21-,22-,23+,24-,25?,29?/m0/s1. The topological polar surface area (TPSA) is 98.7 Å². The normalized spacial score (nSPS) is 30.4. The van der Waals surface area contributed by atoms with Crippen LogP contribution in [0.2, 0.25) is 5.02 Å². The van der Waals surface area contributed by atoms with Crippen LogP contribution in [0.4, 0.5) is 5.69 Å². The number of carbonyl (C=O) groups is 3. The molecule has 0 aliphatic carbocycles. The van der Waals surface area contributed by atoms with Gasteiger partial charge in [-0.2, -0.15) is 0 Å². The number of benzene rings is 2. The molecule has 0 saturated carbocycles. The first kappa shape index (κ1) is 27.0. The smallest absolute Gasteiger partial charge is 0.248 e. The number of halogens is 1. The van der Waals surface area contributed by atoms with Crippen LogP contribution in [0.3, 0.4) is 0 Å². The van der Waals surface area contributed by atoms with Crippen molar-refractivity contribution in [3.05, 3.63) is 65.2 Å². The molecule has 3 N–H and O–H groups in total. The molecule has 3 aliphatic heterocycles. The molecule has 5 rings (SSSR count). The molecule has 1 spiro atoms. The number of thioether (sulfide) groups is 1. The van der Waals surface area contributed by atoms with E-state index in [2.05, 4.69) is 17.6 Å². The number of hydrogen-bond acceptors (Lipinski definition) is 5. The predicted molar refractivity (Wildman–Crippen MR) is 150 cm³/mol. The summed E-state index contributed by atoms with van der Waals surface area (Å²) in [6, 6.07) is 15.2. The number of amides is 3. The van der Waals surface area contributed by atoms with E-state index in [0.29, 0.717) is 17.3 Å². The monoisotopic (exact) mass is 555 g/mol. The second kappa shape index (κ2) is 10.5. The fraction of sp³-hybridized carbons (Fsp3) is 0.483. The van der Waals surface area contributed by atoms with Crippen molar-refractivity contribution in [1.82, 2.24) is 10.2 Å². The van der Waals surface area contributed by atoms with Crippen molar-refractivity contribution in [3.8, 4) is 0 Å². The van der Waals surface area contributed by atoms with Gasteiger partial charge in [0.05, 0.1) is 29.2 Å². The molecule has 2 aromatic rings. The summed E-state index contributed by atoms with van der Waals surface area (Å²) in [5, 5.41) is 16.9. The summed E-state index contributed by atoms with van der Waals surface area (Å²) in [6.45, 7) is 6.08. The van der Waals surface area contributed by atoms with Crippen LogP contribution in [0, 0.1) is 23.7 Å². The lowest BCUT2D eigenvalue weighted by molar-refractivity contribution is -0.143. The Bertz CT molecular complexity index is 1210. The van der Waals surface area contributed by atoms with Gasteiger partial charge in [0.25, 0.3) is 0 Å². The summed E-state index contributed by atoms with van der Waals surface area (Å²) in [7, 11) is 0. The van der Waals surface area contributed by atoms with Gasteiger partial charge in [-0.1, -0.05) is 62.7 Å². The van der Waals surface area contributed by atoms with Crippen LogP contribution in [-0.4, -0.2) is 56.4 Å². The van der Waals surface area contributed by atoms with Gasteiger partial charge in [0.2, 0.25) is 17.7 Å². The molecule has 9 heteroatoms. The zero-order valence-corrected chi connectivity index (χ0v) is 23.3. The number of rotatable bonds is 8. The number of carbonyl (C=O) groups excluding carboxylic acids is 3. The number of likely N-dealkylation sites (tertiary alicyclic amines) is 1. The molecular formula is C29H34ClN3O4S. The molecule has 0 aromatic heterocycles. The summed E-state index contributed by atoms with van der Waals surface area (Å²) in [6.07, 6.45) is 0.752. The number of aliphatic hydroxyl groups excluding tert-OH is 1. The molecule has 7 atom stereocenters. The van der Waals surface area contributed by atoms with Crippen molar-refractivity contribution < 1.29 is 19.5 Å². The van der Waals surface area contributed by atoms with Gasteiger partial charge >= 0.3 is 0 Å². The second-order valence-corrected chi connectivity index (χ2v) is 13.0. The van der Waals surface area contributed by atoms with E-state index >= 15 is 0 Å². The molecule has 3 amide bonds. The largest absolute Gasteiger partial charge is 0.394 e. The zero-order valence-electron chi connectivity index (χ0n) is 21.8. The Balaban J connectivity index is 1.50. The second-order valence-electron chi connectivity index (χ2n) is 11.0. The molecule has 2 bridgehead atoms. The molecule has 3 fully saturated rings. The van der Waals surface area contributed by atoms with E-state index < -0.39 is 28.7 Å². The molecule has 0 radical (unpaired) electrons. The molecule has 38 heavy (non-hydrogen) atoms. The van der Waals surface area contributed by atoms with Crippen molar-refractivity contribution in [3.63, 3.8) is 0 Å². The Morgan fingerprint density at radius 2 is 1.82 bits per heavy atom. The summed E-state index contributed by atoms with van der Waals surface area (Å²) in [5.41, 5.74) is 1.57. The number of aliphatic hydroxyl groups is 1. The lowest BCUT2D eigenvalue weighted by atomic mass is 9.66. The molecule has 3 unspecified atom stereocenters. The van der Waals surface area contributed by atoms with E-state index in [0.717, 1.165) is 12.0 Å². The summed E-state index contributed by atoms with van der Waals surface area (Å²) in [4.78, 5) is 43.5. The highest BCUT2D eigenvalue weighted by molar-refractivity contribution is 8.02. The average molecular weight is 556 g/mol. The van der Waals surface area contributed by atoms with Gasteiger partial charge < -0.3 is 20.6 Å². The van der Waals surface area contributed by atoms with Crippen molar-refractivity contribution in [2.75, 3.05) is 11.9 Å². The molecule has 3 heterocycles. The van der Waals surface area contributed by atoms with Crippen LogP contribution in [-0.2, 0) is 20.9 Å². The molecular weight excluding hydrogens is 522 g/mol. The van der Waals surface area contributed by atoms with Gasteiger partial charge in [-0.3, -0.25) is 14.4 Å². The van der Waals surface area contributed by atoms with Gasteiger partial charge in [0.15, 0.2) is 0 Å². The highest BCUT2D eigenvalue weighted by Gasteiger charge is 2.76. The number of nitrogens with zero attached hydrogens (tertiary/aromatic N) is 1. The minimum absolute atomic E-state index is 0.0436. The first-order chi connectivity index (χ1) is 18.2. The maximum Gasteiger partial charge on any atom is 0.248 e. The minimum atomic E-state index is -0.813. The third kappa shape index (κ3) is 4.40. The molecule has 202 valence electrons. The SMILES string of the molecule is CC(C)[C@H](CO)N1C(=O)[C@@H]2[C@H](C(=O)NCc3ccccc3)[C@@H]3CC(C)C2(S3)C1C(=O)Nc1ccc(Cl)cc1. The van der Waals surface area contributed by atoms with Crippen molar-refractivity contribution in [1.29, 1.82) is 0 Å². The van der Waals surface area contributed by atoms with E-state index in [-0.39, 0.29) is 41.4 Å². The summed E-state index contributed by atoms with van der Waals surface area (Å²) >= 11 is 7.66. The lowest BCUT2D eigenvalue weighted by Gasteiger charge is -2.40. The Morgan fingerprint density at radius 3 is 2.45 bits per heavy atom. The number of nitrogens with one attached hydrogen (secondary N) is 2. The van der Waals surface area contributed by atoms with Crippen molar-refractivity contribution in [2.24, 2.45) is 23.7 Å². The zero-order chi connectivity index (χ0) is 27.2. The maximum atomic E-state index is 14.2. The average Bonchev–Trinajstić information content (AvgIpc) is 3.49. The van der Waals surface area contributed by atoms with Gasteiger partial charge in [-0.25, -0.2) is 0 Å². The third-order valence-corrected chi connectivity index (χ3v) is 10.8. The minimum Gasteiger partial charge on any atom is -0.394 e. The highest BCUT2D eigenvalue weighted by Crippen LogP contribution is 2.69. The van der Waals surface area contributed by atoms with Crippen LogP contribution >= 0.6 is 23.4 Å². The molecule has 7 nitrogen and oxygen atoms in total. The van der Waals surface area contributed by atoms with Crippen LogP contribution in [0.1, 0.15) is 32.8 Å².